The minimum atomic E-state index is 0.0485. The minimum Gasteiger partial charge on any atom is -0.486 e. The Morgan fingerprint density at radius 1 is 1.57 bits per heavy atom. The number of carbonyl (C=O) groups excluding carboxylic acids is 1. The quantitative estimate of drug-likeness (QED) is 0.727. The molecular formula is C11H11NO2. The second-order valence-electron chi connectivity index (χ2n) is 2.82. The molecule has 0 aromatic heterocycles. The Morgan fingerprint density at radius 3 is 3.00 bits per heavy atom. The number of hydrogen-bond acceptors (Lipinski definition) is 3. The number of rotatable bonds is 4. The molecule has 72 valence electrons. The molecule has 0 aliphatic rings. The van der Waals surface area contributed by atoms with Gasteiger partial charge in [0.15, 0.2) is 5.78 Å². The Balaban J connectivity index is 2.60. The van der Waals surface area contributed by atoms with Crippen molar-refractivity contribution in [2.45, 2.75) is 13.3 Å². The van der Waals surface area contributed by atoms with E-state index in [-0.39, 0.29) is 12.4 Å². The lowest BCUT2D eigenvalue weighted by molar-refractivity contribution is -0.120. The molecule has 3 heteroatoms. The van der Waals surface area contributed by atoms with Crippen molar-refractivity contribution in [3.8, 4) is 11.8 Å². The van der Waals surface area contributed by atoms with Crippen LogP contribution in [-0.4, -0.2) is 12.4 Å². The summed E-state index contributed by atoms with van der Waals surface area (Å²) >= 11 is 0. The molecule has 0 saturated carbocycles. The molecule has 0 atom stereocenters. The third-order valence-corrected chi connectivity index (χ3v) is 1.76. The van der Waals surface area contributed by atoms with E-state index in [0.717, 1.165) is 0 Å². The molecule has 3 nitrogen and oxygen atoms in total. The van der Waals surface area contributed by atoms with Gasteiger partial charge in [-0.1, -0.05) is 13.0 Å². The summed E-state index contributed by atoms with van der Waals surface area (Å²) in [6, 6.07) is 8.76. The van der Waals surface area contributed by atoms with Gasteiger partial charge in [0.05, 0.1) is 11.6 Å². The van der Waals surface area contributed by atoms with Gasteiger partial charge < -0.3 is 4.74 Å². The molecule has 0 amide bonds. The third kappa shape index (κ3) is 2.91. The summed E-state index contributed by atoms with van der Waals surface area (Å²) in [5.74, 6) is 0.609. The lowest BCUT2D eigenvalue weighted by Gasteiger charge is -2.03. The van der Waals surface area contributed by atoms with Gasteiger partial charge in [-0.15, -0.1) is 0 Å². The first-order valence-electron chi connectivity index (χ1n) is 4.41. The van der Waals surface area contributed by atoms with Crippen LogP contribution in [0.1, 0.15) is 18.9 Å². The molecule has 0 fully saturated rings. The predicted octanol–water partition coefficient (Wildman–Crippen LogP) is 1.92. The zero-order valence-corrected chi connectivity index (χ0v) is 7.99. The van der Waals surface area contributed by atoms with E-state index in [1.807, 2.05) is 6.07 Å². The molecular weight excluding hydrogens is 178 g/mol. The largest absolute Gasteiger partial charge is 0.486 e. The zero-order valence-electron chi connectivity index (χ0n) is 7.99. The molecule has 0 radical (unpaired) electrons. The monoisotopic (exact) mass is 189 g/mol. The first kappa shape index (κ1) is 10.3. The first-order chi connectivity index (χ1) is 6.76. The number of ether oxygens (including phenoxy) is 1. The number of hydrogen-bond donors (Lipinski definition) is 0. The molecule has 0 spiro atoms. The molecule has 0 aliphatic carbocycles. The van der Waals surface area contributed by atoms with Crippen LogP contribution in [0.5, 0.6) is 5.75 Å². The Kier molecular flexibility index (Phi) is 3.69. The topological polar surface area (TPSA) is 50.1 Å². The van der Waals surface area contributed by atoms with Crippen molar-refractivity contribution < 1.29 is 9.53 Å². The van der Waals surface area contributed by atoms with Gasteiger partial charge in [-0.25, -0.2) is 0 Å². The summed E-state index contributed by atoms with van der Waals surface area (Å²) in [6.45, 7) is 1.86. The lowest BCUT2D eigenvalue weighted by atomic mass is 10.2. The Hall–Kier alpha value is -1.82. The van der Waals surface area contributed by atoms with Crippen LogP contribution in [0.2, 0.25) is 0 Å². The summed E-state index contributed by atoms with van der Waals surface area (Å²) in [7, 11) is 0. The highest BCUT2D eigenvalue weighted by atomic mass is 16.5. The summed E-state index contributed by atoms with van der Waals surface area (Å²) in [5.41, 5.74) is 0.534. The molecule has 14 heavy (non-hydrogen) atoms. The maximum Gasteiger partial charge on any atom is 0.169 e. The van der Waals surface area contributed by atoms with Crippen molar-refractivity contribution in [1.82, 2.24) is 0 Å². The number of benzene rings is 1. The highest BCUT2D eigenvalue weighted by Gasteiger charge is 2.00. The molecule has 0 unspecified atom stereocenters. The van der Waals surface area contributed by atoms with Crippen LogP contribution in [0.15, 0.2) is 24.3 Å². The summed E-state index contributed by atoms with van der Waals surface area (Å²) in [6.07, 6.45) is 0.470. The van der Waals surface area contributed by atoms with E-state index in [4.69, 9.17) is 10.00 Å². The van der Waals surface area contributed by atoms with E-state index in [1.165, 1.54) is 0 Å². The van der Waals surface area contributed by atoms with Gasteiger partial charge in [0, 0.05) is 6.42 Å². The normalized spacial score (nSPS) is 9.14. The molecule has 1 rings (SSSR count). The van der Waals surface area contributed by atoms with Gasteiger partial charge in [0.25, 0.3) is 0 Å². The number of nitrogens with zero attached hydrogens (tertiary/aromatic N) is 1. The fourth-order valence-electron chi connectivity index (χ4n) is 0.921. The Morgan fingerprint density at radius 2 is 2.36 bits per heavy atom. The van der Waals surface area contributed by atoms with E-state index < -0.39 is 0 Å². The highest BCUT2D eigenvalue weighted by Crippen LogP contribution is 2.12. The zero-order chi connectivity index (χ0) is 10.4. The van der Waals surface area contributed by atoms with Crippen molar-refractivity contribution in [2.24, 2.45) is 0 Å². The summed E-state index contributed by atoms with van der Waals surface area (Å²) in [4.78, 5) is 10.9. The third-order valence-electron chi connectivity index (χ3n) is 1.76. The number of ketones is 1. The average Bonchev–Trinajstić information content (AvgIpc) is 2.26. The maximum absolute atomic E-state index is 10.9. The number of nitriles is 1. The van der Waals surface area contributed by atoms with Crippen molar-refractivity contribution in [3.63, 3.8) is 0 Å². The van der Waals surface area contributed by atoms with Crippen LogP contribution in [0.25, 0.3) is 0 Å². The van der Waals surface area contributed by atoms with Gasteiger partial charge in [0.2, 0.25) is 0 Å². The average molecular weight is 189 g/mol. The van der Waals surface area contributed by atoms with Crippen LogP contribution in [0, 0.1) is 11.3 Å². The van der Waals surface area contributed by atoms with E-state index >= 15 is 0 Å². The van der Waals surface area contributed by atoms with Crippen molar-refractivity contribution in [2.75, 3.05) is 6.61 Å². The number of carbonyl (C=O) groups is 1. The van der Waals surface area contributed by atoms with E-state index in [0.29, 0.717) is 17.7 Å². The molecule has 0 bridgehead atoms. The van der Waals surface area contributed by atoms with Crippen LogP contribution < -0.4 is 4.74 Å². The molecule has 0 heterocycles. The minimum absolute atomic E-state index is 0.0485. The van der Waals surface area contributed by atoms with Crippen LogP contribution in [0.3, 0.4) is 0 Å². The summed E-state index contributed by atoms with van der Waals surface area (Å²) < 4.78 is 5.20. The van der Waals surface area contributed by atoms with E-state index in [2.05, 4.69) is 0 Å². The Labute approximate surface area is 82.9 Å². The smallest absolute Gasteiger partial charge is 0.169 e. The molecule has 0 N–H and O–H groups in total. The standard InChI is InChI=1S/C11H11NO2/c1-2-10(13)8-14-11-5-3-4-9(6-11)7-12/h3-6H,2,8H2,1H3. The molecule has 0 aliphatic heterocycles. The van der Waals surface area contributed by atoms with E-state index in [1.54, 1.807) is 31.2 Å². The van der Waals surface area contributed by atoms with Crippen LogP contribution >= 0.6 is 0 Å². The fourth-order valence-corrected chi connectivity index (χ4v) is 0.921. The number of Topliss-reactive ketones (excluding diaryl/α,β-unsaturated/α-hetero) is 1. The molecule has 1 aromatic rings. The van der Waals surface area contributed by atoms with Gasteiger partial charge >= 0.3 is 0 Å². The maximum atomic E-state index is 10.9. The first-order valence-corrected chi connectivity index (χ1v) is 4.41. The van der Waals surface area contributed by atoms with Crippen LogP contribution in [0.4, 0.5) is 0 Å². The van der Waals surface area contributed by atoms with E-state index in [9.17, 15) is 4.79 Å². The second kappa shape index (κ2) is 5.03. The molecule has 0 saturated heterocycles. The highest BCUT2D eigenvalue weighted by molar-refractivity contribution is 5.79. The fraction of sp³-hybridized carbons (Fsp3) is 0.273. The van der Waals surface area contributed by atoms with Crippen molar-refractivity contribution in [3.05, 3.63) is 29.8 Å². The van der Waals surface area contributed by atoms with Gasteiger partial charge in [-0.3, -0.25) is 4.79 Å². The van der Waals surface area contributed by atoms with Crippen LogP contribution in [-0.2, 0) is 4.79 Å². The second-order valence-corrected chi connectivity index (χ2v) is 2.82. The van der Waals surface area contributed by atoms with Gasteiger partial charge in [-0.2, -0.15) is 5.26 Å². The Bertz CT molecular complexity index is 366. The van der Waals surface area contributed by atoms with Gasteiger partial charge in [-0.05, 0) is 18.2 Å². The summed E-state index contributed by atoms with van der Waals surface area (Å²) in [5, 5.41) is 8.61. The lowest BCUT2D eigenvalue weighted by Crippen LogP contribution is -2.09. The van der Waals surface area contributed by atoms with Crippen molar-refractivity contribution in [1.29, 1.82) is 5.26 Å². The molecule has 1 aromatic carbocycles. The van der Waals surface area contributed by atoms with Crippen molar-refractivity contribution >= 4 is 5.78 Å². The predicted molar refractivity (Wildman–Crippen MR) is 52.0 cm³/mol. The van der Waals surface area contributed by atoms with Gasteiger partial charge in [0.1, 0.15) is 12.4 Å². The SMILES string of the molecule is CCC(=O)COc1cccc(C#N)c1.